The van der Waals surface area contributed by atoms with Gasteiger partial charge in [0.15, 0.2) is 6.29 Å². The highest BCUT2D eigenvalue weighted by Crippen LogP contribution is 2.26. The second kappa shape index (κ2) is 42.7. The van der Waals surface area contributed by atoms with Crippen molar-refractivity contribution in [3.63, 3.8) is 0 Å². The third-order valence-corrected chi connectivity index (χ3v) is 13.2. The van der Waals surface area contributed by atoms with Crippen molar-refractivity contribution in [2.45, 2.75) is 288 Å². The van der Waals surface area contributed by atoms with Gasteiger partial charge in [-0.15, -0.1) is 0 Å². The molecule has 1 fully saturated rings. The Labute approximate surface area is 397 Å². The fourth-order valence-electron chi connectivity index (χ4n) is 8.57. The van der Waals surface area contributed by atoms with Crippen molar-refractivity contribution in [1.82, 2.24) is 5.32 Å². The lowest BCUT2D eigenvalue weighted by Gasteiger charge is -2.41. The van der Waals surface area contributed by atoms with Gasteiger partial charge in [-0.2, -0.15) is 8.42 Å². The largest absolute Gasteiger partial charge is 0.397 e. The number of aliphatic hydroxyl groups excluding tert-OH is 4. The molecule has 1 saturated heterocycles. The maximum absolute atomic E-state index is 13.0. The molecular weight excluding hydrogens is 847 g/mol. The molecule has 1 aliphatic rings. The molecule has 7 unspecified atom stereocenters. The summed E-state index contributed by atoms with van der Waals surface area (Å²) in [6.45, 7) is 3.38. The lowest BCUT2D eigenvalue weighted by Crippen LogP contribution is -2.61. The van der Waals surface area contributed by atoms with Crippen molar-refractivity contribution in [3.8, 4) is 0 Å². The van der Waals surface area contributed by atoms with E-state index in [2.05, 4.69) is 35.5 Å². The monoisotopic (exact) mass is 946 g/mol. The number of allylic oxidation sites excluding steroid dienone is 3. The normalized spacial score (nSPS) is 20.3. The third-order valence-electron chi connectivity index (χ3n) is 12.7. The Balaban J connectivity index is 2.28. The molecule has 0 aromatic rings. The summed E-state index contributed by atoms with van der Waals surface area (Å²) < 4.78 is 47.6. The Kier molecular flexibility index (Phi) is 40.4. The Morgan fingerprint density at radius 1 is 0.600 bits per heavy atom. The van der Waals surface area contributed by atoms with E-state index in [9.17, 15) is 38.2 Å². The van der Waals surface area contributed by atoms with Crippen molar-refractivity contribution >= 4 is 16.3 Å². The molecule has 1 heterocycles. The molecule has 0 aromatic carbocycles. The molecule has 65 heavy (non-hydrogen) atoms. The fraction of sp³-hybridized carbons (Fsp3) is 0.904. The molecule has 0 radical (unpaired) electrons. The Hall–Kier alpha value is -1.42. The molecule has 0 saturated carbocycles. The number of ether oxygens (including phenoxy) is 2. The van der Waals surface area contributed by atoms with Crippen LogP contribution in [-0.2, 0) is 28.9 Å². The zero-order valence-corrected chi connectivity index (χ0v) is 42.1. The molecule has 1 rings (SSSR count). The van der Waals surface area contributed by atoms with Gasteiger partial charge in [0.05, 0.1) is 25.4 Å². The Morgan fingerprint density at radius 3 is 1.38 bits per heavy atom. The SMILES string of the molecule is CCCCCCCCCC/C=C/C(O)C(COC1OC(CO)C(O)C(OS(=O)(=O)O)C1O)NC(=O)CCCCCCCCCCCCCC/C=C\CCCCCCCCCCCCCC. The lowest BCUT2D eigenvalue weighted by molar-refractivity contribution is -0.298. The summed E-state index contributed by atoms with van der Waals surface area (Å²) in [5, 5.41) is 44.7. The van der Waals surface area contributed by atoms with Crippen LogP contribution >= 0.6 is 0 Å². The van der Waals surface area contributed by atoms with Crippen molar-refractivity contribution in [2.75, 3.05) is 13.2 Å². The van der Waals surface area contributed by atoms with Gasteiger partial charge in [-0.1, -0.05) is 218 Å². The van der Waals surface area contributed by atoms with E-state index >= 15 is 0 Å². The number of aliphatic hydroxyl groups is 4. The van der Waals surface area contributed by atoms with Gasteiger partial charge in [-0.05, 0) is 44.9 Å². The number of hydrogen-bond donors (Lipinski definition) is 6. The van der Waals surface area contributed by atoms with E-state index in [1.54, 1.807) is 6.08 Å². The van der Waals surface area contributed by atoms with Crippen molar-refractivity contribution in [2.24, 2.45) is 0 Å². The van der Waals surface area contributed by atoms with E-state index in [4.69, 9.17) is 9.47 Å². The molecule has 6 N–H and O–H groups in total. The Bertz CT molecular complexity index is 1250. The predicted octanol–water partition coefficient (Wildman–Crippen LogP) is 11.7. The van der Waals surface area contributed by atoms with Gasteiger partial charge < -0.3 is 35.2 Å². The molecule has 0 spiro atoms. The van der Waals surface area contributed by atoms with Crippen LogP contribution in [-0.4, -0.2) is 95.4 Å². The molecule has 0 bridgehead atoms. The van der Waals surface area contributed by atoms with Gasteiger partial charge >= 0.3 is 10.4 Å². The highest BCUT2D eigenvalue weighted by Gasteiger charge is 2.48. The minimum Gasteiger partial charge on any atom is -0.394 e. The van der Waals surface area contributed by atoms with E-state index in [1.165, 1.54) is 180 Å². The van der Waals surface area contributed by atoms with Gasteiger partial charge in [0, 0.05) is 6.42 Å². The summed E-state index contributed by atoms with van der Waals surface area (Å²) in [4.78, 5) is 13.0. The predicted molar refractivity (Wildman–Crippen MR) is 264 cm³/mol. The van der Waals surface area contributed by atoms with Crippen LogP contribution in [0.2, 0.25) is 0 Å². The van der Waals surface area contributed by atoms with Crippen LogP contribution in [0.4, 0.5) is 0 Å². The Morgan fingerprint density at radius 2 is 0.985 bits per heavy atom. The van der Waals surface area contributed by atoms with E-state index in [0.717, 1.165) is 38.5 Å². The van der Waals surface area contributed by atoms with Crippen LogP contribution in [0.3, 0.4) is 0 Å². The van der Waals surface area contributed by atoms with Crippen LogP contribution in [0, 0.1) is 0 Å². The van der Waals surface area contributed by atoms with Crippen molar-refractivity contribution < 1.29 is 51.8 Å². The quantitative estimate of drug-likeness (QED) is 0.0193. The molecular formula is C52H99NO11S. The maximum Gasteiger partial charge on any atom is 0.397 e. The molecule has 1 aliphatic heterocycles. The molecule has 13 heteroatoms. The van der Waals surface area contributed by atoms with Crippen LogP contribution < -0.4 is 5.32 Å². The summed E-state index contributed by atoms with van der Waals surface area (Å²) in [6.07, 6.45) is 42.5. The maximum atomic E-state index is 13.0. The average molecular weight is 946 g/mol. The minimum absolute atomic E-state index is 0.263. The van der Waals surface area contributed by atoms with Gasteiger partial charge in [0.2, 0.25) is 5.91 Å². The van der Waals surface area contributed by atoms with E-state index < -0.39 is 59.9 Å². The van der Waals surface area contributed by atoms with Gasteiger partial charge in [0.25, 0.3) is 0 Å². The number of rotatable bonds is 46. The van der Waals surface area contributed by atoms with Crippen LogP contribution in [0.25, 0.3) is 0 Å². The highest BCUT2D eigenvalue weighted by molar-refractivity contribution is 7.80. The minimum atomic E-state index is -5.08. The van der Waals surface area contributed by atoms with Crippen molar-refractivity contribution in [3.05, 3.63) is 24.3 Å². The first-order chi connectivity index (χ1) is 31.5. The second-order valence-electron chi connectivity index (χ2n) is 18.8. The molecule has 1 amide bonds. The van der Waals surface area contributed by atoms with E-state index in [0.29, 0.717) is 6.42 Å². The zero-order valence-electron chi connectivity index (χ0n) is 41.3. The molecule has 0 aromatic heterocycles. The summed E-state index contributed by atoms with van der Waals surface area (Å²) >= 11 is 0. The zero-order chi connectivity index (χ0) is 47.6. The highest BCUT2D eigenvalue weighted by atomic mass is 32.3. The fourth-order valence-corrected chi connectivity index (χ4v) is 9.08. The first-order valence-corrected chi connectivity index (χ1v) is 28.1. The summed E-state index contributed by atoms with van der Waals surface area (Å²) in [6, 6.07) is -0.941. The lowest BCUT2D eigenvalue weighted by atomic mass is 9.99. The first kappa shape index (κ1) is 61.6. The second-order valence-corrected chi connectivity index (χ2v) is 19.9. The van der Waals surface area contributed by atoms with Gasteiger partial charge in [-0.3, -0.25) is 9.35 Å². The number of hydrogen-bond acceptors (Lipinski definition) is 10. The number of carbonyl (C=O) groups excluding carboxylic acids is 1. The topological polar surface area (TPSA) is 192 Å². The summed E-state index contributed by atoms with van der Waals surface area (Å²) in [5.41, 5.74) is 0. The van der Waals surface area contributed by atoms with Crippen LogP contribution in [0.5, 0.6) is 0 Å². The molecule has 0 aliphatic carbocycles. The van der Waals surface area contributed by atoms with Gasteiger partial charge in [-0.25, -0.2) is 4.18 Å². The molecule has 7 atom stereocenters. The number of nitrogens with one attached hydrogen (secondary N) is 1. The smallest absolute Gasteiger partial charge is 0.394 e. The number of amides is 1. The van der Waals surface area contributed by atoms with Crippen LogP contribution in [0.15, 0.2) is 24.3 Å². The van der Waals surface area contributed by atoms with Crippen molar-refractivity contribution in [1.29, 1.82) is 0 Å². The molecule has 384 valence electrons. The molecule has 12 nitrogen and oxygen atoms in total. The van der Waals surface area contributed by atoms with Gasteiger partial charge in [0.1, 0.15) is 24.4 Å². The average Bonchev–Trinajstić information content (AvgIpc) is 3.28. The van der Waals surface area contributed by atoms with E-state index in [-0.39, 0.29) is 18.9 Å². The first-order valence-electron chi connectivity index (χ1n) is 26.7. The summed E-state index contributed by atoms with van der Waals surface area (Å²) in [5.74, 6) is -0.263. The third kappa shape index (κ3) is 35.4. The number of carbonyl (C=O) groups is 1. The van der Waals surface area contributed by atoms with Crippen LogP contribution in [0.1, 0.15) is 245 Å². The number of unbranched alkanes of at least 4 members (excludes halogenated alkanes) is 32. The summed E-state index contributed by atoms with van der Waals surface area (Å²) in [7, 11) is -5.08. The standard InChI is InChI=1S/C52H99NO11S/c1-3-5-7-9-11-13-15-16-17-18-19-20-21-22-23-24-25-26-27-28-29-30-31-32-34-36-38-40-42-48(56)53-45(46(55)41-39-37-35-33-14-12-10-8-6-4-2)44-62-52-50(58)51(64-65(59,60)61)49(57)47(43-54)63-52/h22-23,39,41,45-47,49-52,54-55,57-58H,3-21,24-38,40,42-44H2,1-2H3,(H,53,56)(H,59,60,61)/b23-22-,41-39+. The van der Waals surface area contributed by atoms with E-state index in [1.807, 2.05) is 6.08 Å².